The average Bonchev–Trinajstić information content (AvgIpc) is 3.59. The minimum Gasteiger partial charge on any atom is -0.208 e. The van der Waals surface area contributed by atoms with E-state index in [0.717, 1.165) is 27.8 Å². The minimum atomic E-state index is -0.472. The van der Waals surface area contributed by atoms with Crippen LogP contribution in [0.15, 0.2) is 212 Å². The Morgan fingerprint density at radius 2 is 0.691 bits per heavy atom. The Morgan fingerprint density at radius 1 is 0.273 bits per heavy atom. The van der Waals surface area contributed by atoms with Gasteiger partial charge in [0.15, 0.2) is 17.5 Å². The summed E-state index contributed by atoms with van der Waals surface area (Å²) in [5, 5.41) is 0. The van der Waals surface area contributed by atoms with Crippen molar-refractivity contribution in [1.82, 2.24) is 15.0 Å². The minimum absolute atomic E-state index is 0.472. The van der Waals surface area contributed by atoms with Gasteiger partial charge in [-0.05, 0) is 61.7 Å². The van der Waals surface area contributed by atoms with Gasteiger partial charge in [0.2, 0.25) is 0 Å². The van der Waals surface area contributed by atoms with Crippen molar-refractivity contribution in [2.45, 2.75) is 5.41 Å². The molecule has 0 saturated heterocycles. The van der Waals surface area contributed by atoms with Gasteiger partial charge in [-0.1, -0.05) is 206 Å². The molecule has 55 heavy (non-hydrogen) atoms. The highest BCUT2D eigenvalue weighted by molar-refractivity contribution is 5.92. The Labute approximate surface area is 321 Å². The van der Waals surface area contributed by atoms with Gasteiger partial charge in [0.05, 0.1) is 5.41 Å². The Hall–Kier alpha value is -7.23. The standard InChI is InChI=1S/C52H35N3/c1-5-17-38(18-6-1)49-53-50(39-19-7-2-8-20-39)55-51(54-49)41-22-15-21-40(35-41)36-31-33-37(34-32-36)44-28-16-29-46-45-27-13-14-30-47(45)52(48(44)46,42-23-9-3-10-24-42)43-25-11-4-12-26-43/h1-35H. The monoisotopic (exact) mass is 701 g/mol. The second-order valence-electron chi connectivity index (χ2n) is 14.0. The zero-order chi connectivity index (χ0) is 36.6. The zero-order valence-corrected chi connectivity index (χ0v) is 30.0. The third kappa shape index (κ3) is 5.57. The maximum atomic E-state index is 4.98. The summed E-state index contributed by atoms with van der Waals surface area (Å²) < 4.78 is 0. The molecule has 0 spiro atoms. The Balaban J connectivity index is 1.08. The fourth-order valence-corrected chi connectivity index (χ4v) is 8.36. The first-order valence-electron chi connectivity index (χ1n) is 18.7. The lowest BCUT2D eigenvalue weighted by Gasteiger charge is -2.35. The molecule has 0 radical (unpaired) electrons. The molecule has 0 saturated carbocycles. The van der Waals surface area contributed by atoms with Crippen LogP contribution in [-0.2, 0) is 5.41 Å². The summed E-state index contributed by atoms with van der Waals surface area (Å²) in [6.45, 7) is 0. The fraction of sp³-hybridized carbons (Fsp3) is 0.0192. The quantitative estimate of drug-likeness (QED) is 0.166. The maximum Gasteiger partial charge on any atom is 0.164 e. The lowest BCUT2D eigenvalue weighted by atomic mass is 9.66. The molecule has 3 heteroatoms. The summed E-state index contributed by atoms with van der Waals surface area (Å²) in [5.74, 6) is 1.95. The van der Waals surface area contributed by atoms with Gasteiger partial charge in [0.1, 0.15) is 0 Å². The Morgan fingerprint density at radius 3 is 1.29 bits per heavy atom. The molecule has 0 aliphatic heterocycles. The van der Waals surface area contributed by atoms with Crippen LogP contribution in [0, 0.1) is 0 Å². The normalized spacial score (nSPS) is 12.5. The second kappa shape index (κ2) is 13.6. The molecule has 0 fully saturated rings. The smallest absolute Gasteiger partial charge is 0.164 e. The van der Waals surface area contributed by atoms with Crippen LogP contribution in [0.1, 0.15) is 22.3 Å². The van der Waals surface area contributed by atoms with E-state index in [1.165, 1.54) is 44.5 Å². The van der Waals surface area contributed by atoms with Crippen LogP contribution in [0.2, 0.25) is 0 Å². The number of aromatic nitrogens is 3. The van der Waals surface area contributed by atoms with Gasteiger partial charge in [0, 0.05) is 16.7 Å². The Bertz CT molecular complexity index is 2680. The summed E-state index contributed by atoms with van der Waals surface area (Å²) in [5.41, 5.74) is 14.7. The van der Waals surface area contributed by atoms with E-state index in [0.29, 0.717) is 17.5 Å². The van der Waals surface area contributed by atoms with E-state index in [-0.39, 0.29) is 0 Å². The number of hydrogen-bond acceptors (Lipinski definition) is 3. The third-order valence-corrected chi connectivity index (χ3v) is 10.8. The molecule has 3 nitrogen and oxygen atoms in total. The van der Waals surface area contributed by atoms with Gasteiger partial charge < -0.3 is 0 Å². The van der Waals surface area contributed by atoms with E-state index in [1.807, 2.05) is 60.7 Å². The SMILES string of the molecule is c1ccc(-c2nc(-c3ccccc3)nc(-c3cccc(-c4ccc(-c5cccc6c5C(c5ccccc5)(c5ccccc5)c5ccccc5-6)cc4)c3)n2)cc1. The van der Waals surface area contributed by atoms with Crippen LogP contribution in [0.3, 0.4) is 0 Å². The van der Waals surface area contributed by atoms with Crippen molar-refractivity contribution in [2.24, 2.45) is 0 Å². The first-order valence-corrected chi connectivity index (χ1v) is 18.7. The van der Waals surface area contributed by atoms with Gasteiger partial charge in [-0.25, -0.2) is 15.0 Å². The first kappa shape index (κ1) is 32.4. The molecular formula is C52H35N3. The van der Waals surface area contributed by atoms with Crippen molar-refractivity contribution in [3.05, 3.63) is 235 Å². The van der Waals surface area contributed by atoms with Crippen molar-refractivity contribution in [3.8, 4) is 67.5 Å². The molecule has 8 aromatic carbocycles. The van der Waals surface area contributed by atoms with Crippen LogP contribution in [-0.4, -0.2) is 15.0 Å². The summed E-state index contributed by atoms with van der Waals surface area (Å²) >= 11 is 0. The summed E-state index contributed by atoms with van der Waals surface area (Å²) in [6, 6.07) is 75.4. The molecule has 0 atom stereocenters. The van der Waals surface area contributed by atoms with Gasteiger partial charge >= 0.3 is 0 Å². The van der Waals surface area contributed by atoms with Gasteiger partial charge in [-0.15, -0.1) is 0 Å². The molecule has 1 heterocycles. The molecule has 0 bridgehead atoms. The largest absolute Gasteiger partial charge is 0.208 e. The van der Waals surface area contributed by atoms with Crippen molar-refractivity contribution in [1.29, 1.82) is 0 Å². The molecular weight excluding hydrogens is 667 g/mol. The fourth-order valence-electron chi connectivity index (χ4n) is 8.36. The van der Waals surface area contributed by atoms with Crippen LogP contribution < -0.4 is 0 Å². The van der Waals surface area contributed by atoms with E-state index < -0.39 is 5.41 Å². The molecule has 0 N–H and O–H groups in total. The van der Waals surface area contributed by atoms with Crippen molar-refractivity contribution >= 4 is 0 Å². The van der Waals surface area contributed by atoms with Crippen LogP contribution >= 0.6 is 0 Å². The third-order valence-electron chi connectivity index (χ3n) is 10.8. The highest BCUT2D eigenvalue weighted by Gasteiger charge is 2.47. The molecule has 1 aliphatic rings. The molecule has 9 aromatic rings. The first-order chi connectivity index (χ1) is 27.3. The van der Waals surface area contributed by atoms with Gasteiger partial charge in [0.25, 0.3) is 0 Å². The van der Waals surface area contributed by atoms with Gasteiger partial charge in [-0.3, -0.25) is 0 Å². The highest BCUT2D eigenvalue weighted by Crippen LogP contribution is 2.58. The van der Waals surface area contributed by atoms with Crippen LogP contribution in [0.25, 0.3) is 67.5 Å². The lowest BCUT2D eigenvalue weighted by Crippen LogP contribution is -2.29. The second-order valence-corrected chi connectivity index (χ2v) is 14.0. The van der Waals surface area contributed by atoms with Crippen LogP contribution in [0.4, 0.5) is 0 Å². The summed E-state index contributed by atoms with van der Waals surface area (Å²) in [6.07, 6.45) is 0. The van der Waals surface area contributed by atoms with E-state index in [2.05, 4.69) is 152 Å². The Kier molecular flexibility index (Phi) is 8.04. The topological polar surface area (TPSA) is 38.7 Å². The van der Waals surface area contributed by atoms with Crippen LogP contribution in [0.5, 0.6) is 0 Å². The maximum absolute atomic E-state index is 4.98. The number of nitrogens with zero attached hydrogens (tertiary/aromatic N) is 3. The molecule has 1 aromatic heterocycles. The predicted octanol–water partition coefficient (Wildman–Crippen LogP) is 12.6. The lowest BCUT2D eigenvalue weighted by molar-refractivity contribution is 0.770. The molecule has 258 valence electrons. The molecule has 1 aliphatic carbocycles. The number of hydrogen-bond donors (Lipinski definition) is 0. The zero-order valence-electron chi connectivity index (χ0n) is 30.0. The van der Waals surface area contributed by atoms with Crippen molar-refractivity contribution in [2.75, 3.05) is 0 Å². The summed E-state index contributed by atoms with van der Waals surface area (Å²) in [4.78, 5) is 14.8. The van der Waals surface area contributed by atoms with Gasteiger partial charge in [-0.2, -0.15) is 0 Å². The van der Waals surface area contributed by atoms with Crippen molar-refractivity contribution in [3.63, 3.8) is 0 Å². The number of rotatable bonds is 7. The van der Waals surface area contributed by atoms with E-state index in [4.69, 9.17) is 15.0 Å². The molecule has 0 amide bonds. The highest BCUT2D eigenvalue weighted by atomic mass is 15.0. The molecule has 10 rings (SSSR count). The molecule has 0 unspecified atom stereocenters. The predicted molar refractivity (Wildman–Crippen MR) is 224 cm³/mol. The van der Waals surface area contributed by atoms with E-state index >= 15 is 0 Å². The summed E-state index contributed by atoms with van der Waals surface area (Å²) in [7, 11) is 0. The van der Waals surface area contributed by atoms with E-state index in [1.54, 1.807) is 0 Å². The average molecular weight is 702 g/mol. The van der Waals surface area contributed by atoms with E-state index in [9.17, 15) is 0 Å². The number of fused-ring (bicyclic) bond motifs is 3. The number of benzene rings is 8. The van der Waals surface area contributed by atoms with Crippen molar-refractivity contribution < 1.29 is 0 Å².